The molecule has 1 aromatic carbocycles. The van der Waals surface area contributed by atoms with Gasteiger partial charge < -0.3 is 14.5 Å². The zero-order valence-electron chi connectivity index (χ0n) is 19.8. The molecule has 8 heteroatoms. The van der Waals surface area contributed by atoms with Crippen LogP contribution in [0.4, 0.5) is 5.95 Å². The number of anilines is 1. The molecule has 33 heavy (non-hydrogen) atoms. The first kappa shape index (κ1) is 22.6. The van der Waals surface area contributed by atoms with E-state index in [-0.39, 0.29) is 11.8 Å². The van der Waals surface area contributed by atoms with Crippen molar-refractivity contribution in [2.24, 2.45) is 0 Å². The first-order valence-electron chi connectivity index (χ1n) is 11.1. The van der Waals surface area contributed by atoms with Gasteiger partial charge in [-0.2, -0.15) is 0 Å². The largest absolute Gasteiger partial charge is 0.478 e. The Balaban J connectivity index is 1.56. The summed E-state index contributed by atoms with van der Waals surface area (Å²) in [7, 11) is 3.83. The van der Waals surface area contributed by atoms with Crippen molar-refractivity contribution < 1.29 is 9.53 Å². The first-order valence-corrected chi connectivity index (χ1v) is 11.1. The van der Waals surface area contributed by atoms with Gasteiger partial charge in [0.05, 0.1) is 5.69 Å². The third-order valence-electron chi connectivity index (χ3n) is 5.85. The van der Waals surface area contributed by atoms with Crippen LogP contribution < -0.4 is 9.64 Å². The second-order valence-electron chi connectivity index (χ2n) is 9.15. The molecule has 1 amide bonds. The van der Waals surface area contributed by atoms with Gasteiger partial charge in [-0.25, -0.2) is 19.9 Å². The second kappa shape index (κ2) is 9.13. The third-order valence-corrected chi connectivity index (χ3v) is 5.85. The average molecular weight is 447 g/mol. The van der Waals surface area contributed by atoms with Crippen molar-refractivity contribution in [1.82, 2.24) is 24.8 Å². The lowest BCUT2D eigenvalue weighted by atomic mass is 9.97. The van der Waals surface area contributed by atoms with Crippen LogP contribution in [-0.2, 0) is 4.79 Å². The van der Waals surface area contributed by atoms with Crippen molar-refractivity contribution in [2.45, 2.75) is 38.7 Å². The van der Waals surface area contributed by atoms with Gasteiger partial charge in [0.1, 0.15) is 12.1 Å². The van der Waals surface area contributed by atoms with Gasteiger partial charge in [-0.1, -0.05) is 17.7 Å². The molecule has 0 radical (unpaired) electrons. The molecule has 0 aliphatic carbocycles. The van der Waals surface area contributed by atoms with Crippen molar-refractivity contribution in [3.63, 3.8) is 0 Å². The van der Waals surface area contributed by atoms with E-state index in [0.717, 1.165) is 28.8 Å². The molecule has 3 heterocycles. The normalized spacial score (nSPS) is 16.0. The molecule has 0 bridgehead atoms. The van der Waals surface area contributed by atoms with Crippen LogP contribution in [0.15, 0.2) is 49.2 Å². The minimum atomic E-state index is -0.972. The maximum Gasteiger partial charge on any atom is 0.266 e. The zero-order valence-corrected chi connectivity index (χ0v) is 19.8. The molecule has 0 N–H and O–H groups in total. The lowest BCUT2D eigenvalue weighted by Crippen LogP contribution is -2.48. The summed E-state index contributed by atoms with van der Waals surface area (Å²) in [6, 6.07) is 7.76. The molecule has 1 saturated heterocycles. The maximum absolute atomic E-state index is 13.4. The molecule has 1 fully saturated rings. The van der Waals surface area contributed by atoms with Gasteiger partial charge >= 0.3 is 0 Å². The fourth-order valence-corrected chi connectivity index (χ4v) is 4.07. The van der Waals surface area contributed by atoms with Gasteiger partial charge in [0, 0.05) is 62.8 Å². The summed E-state index contributed by atoms with van der Waals surface area (Å²) >= 11 is 0. The number of carbonyl (C=O) groups excluding carboxylic acids is 1. The number of amides is 1. The van der Waals surface area contributed by atoms with Crippen molar-refractivity contribution in [1.29, 1.82) is 0 Å². The Kier molecular flexibility index (Phi) is 6.26. The Bertz CT molecular complexity index is 1120. The predicted molar refractivity (Wildman–Crippen MR) is 127 cm³/mol. The van der Waals surface area contributed by atoms with Gasteiger partial charge in [0.15, 0.2) is 5.60 Å². The van der Waals surface area contributed by atoms with E-state index in [1.54, 1.807) is 12.4 Å². The predicted octanol–water partition coefficient (Wildman–Crippen LogP) is 3.48. The van der Waals surface area contributed by atoms with Crippen LogP contribution in [0.25, 0.3) is 11.1 Å². The monoisotopic (exact) mass is 446 g/mol. The lowest BCUT2D eigenvalue weighted by molar-refractivity contribution is -0.144. The number of hydrogen-bond donors (Lipinski definition) is 0. The number of hydrogen-bond acceptors (Lipinski definition) is 7. The fraction of sp³-hybridized carbons (Fsp3) is 0.400. The number of ether oxygens (including phenoxy) is 1. The SMILES string of the molecule is Cc1ccc(OC(C)(C)C(=O)N2CC[C@@H](c3nc(N(C)C)ncc3-c3cncnc3)C2)cc1. The zero-order chi connectivity index (χ0) is 23.6. The Labute approximate surface area is 194 Å². The highest BCUT2D eigenvalue weighted by molar-refractivity contribution is 5.85. The van der Waals surface area contributed by atoms with E-state index in [2.05, 4.69) is 15.0 Å². The van der Waals surface area contributed by atoms with Crippen molar-refractivity contribution >= 4 is 11.9 Å². The Morgan fingerprint density at radius 3 is 2.48 bits per heavy atom. The van der Waals surface area contributed by atoms with E-state index in [1.807, 2.05) is 75.1 Å². The fourth-order valence-electron chi connectivity index (χ4n) is 4.07. The van der Waals surface area contributed by atoms with Gasteiger partial charge in [0.25, 0.3) is 5.91 Å². The summed E-state index contributed by atoms with van der Waals surface area (Å²) < 4.78 is 6.08. The molecule has 0 unspecified atom stereocenters. The molecule has 1 aliphatic heterocycles. The summed E-state index contributed by atoms with van der Waals surface area (Å²) in [5, 5.41) is 0. The summed E-state index contributed by atoms with van der Waals surface area (Å²) in [4.78, 5) is 34.8. The van der Waals surface area contributed by atoms with E-state index in [0.29, 0.717) is 24.8 Å². The van der Waals surface area contributed by atoms with Gasteiger partial charge in [0.2, 0.25) is 5.95 Å². The van der Waals surface area contributed by atoms with E-state index in [1.165, 1.54) is 6.33 Å². The van der Waals surface area contributed by atoms with Crippen LogP contribution >= 0.6 is 0 Å². The molecular formula is C25H30N6O2. The molecule has 1 aliphatic rings. The molecule has 3 aromatic rings. The molecule has 4 rings (SSSR count). The van der Waals surface area contributed by atoms with Crippen LogP contribution in [-0.4, -0.2) is 63.5 Å². The topological polar surface area (TPSA) is 84.3 Å². The molecule has 2 aromatic heterocycles. The van der Waals surface area contributed by atoms with Gasteiger partial charge in [-0.05, 0) is 39.3 Å². The van der Waals surface area contributed by atoms with E-state index >= 15 is 0 Å². The Morgan fingerprint density at radius 2 is 1.82 bits per heavy atom. The smallest absolute Gasteiger partial charge is 0.266 e. The first-order chi connectivity index (χ1) is 15.7. The summed E-state index contributed by atoms with van der Waals surface area (Å²) in [5.41, 5.74) is 2.86. The number of carbonyl (C=O) groups is 1. The van der Waals surface area contributed by atoms with Crippen LogP contribution in [0, 0.1) is 6.92 Å². The van der Waals surface area contributed by atoms with Crippen molar-refractivity contribution in [3.05, 3.63) is 60.4 Å². The van der Waals surface area contributed by atoms with Crippen LogP contribution in [0.1, 0.15) is 37.4 Å². The van der Waals surface area contributed by atoms with Crippen molar-refractivity contribution in [2.75, 3.05) is 32.1 Å². The highest BCUT2D eigenvalue weighted by Crippen LogP contribution is 2.35. The number of aryl methyl sites for hydroxylation is 1. The molecule has 0 saturated carbocycles. The molecule has 0 spiro atoms. The molecule has 172 valence electrons. The summed E-state index contributed by atoms with van der Waals surface area (Å²) in [6.07, 6.45) is 7.67. The molecule has 8 nitrogen and oxygen atoms in total. The standard InChI is InChI=1S/C25H30N6O2/c1-17-6-8-20(9-7-17)33-25(2,3)23(32)31-11-10-18(15-31)22-21(19-12-26-16-27-13-19)14-28-24(29-22)30(4)5/h6-9,12-14,16,18H,10-11,15H2,1-5H3/t18-/m1/s1. The highest BCUT2D eigenvalue weighted by atomic mass is 16.5. The quantitative estimate of drug-likeness (QED) is 0.573. The minimum absolute atomic E-state index is 0.0305. The number of benzene rings is 1. The molecular weight excluding hydrogens is 416 g/mol. The van der Waals surface area contributed by atoms with Crippen LogP contribution in [0.3, 0.4) is 0 Å². The third kappa shape index (κ3) is 4.94. The van der Waals surface area contributed by atoms with Gasteiger partial charge in [-0.3, -0.25) is 4.79 Å². The van der Waals surface area contributed by atoms with Crippen LogP contribution in [0.5, 0.6) is 5.75 Å². The number of likely N-dealkylation sites (tertiary alicyclic amines) is 1. The lowest BCUT2D eigenvalue weighted by Gasteiger charge is -2.30. The number of rotatable bonds is 6. The second-order valence-corrected chi connectivity index (χ2v) is 9.15. The maximum atomic E-state index is 13.4. The van der Waals surface area contributed by atoms with Crippen LogP contribution in [0.2, 0.25) is 0 Å². The number of nitrogens with zero attached hydrogens (tertiary/aromatic N) is 6. The highest BCUT2D eigenvalue weighted by Gasteiger charge is 2.39. The minimum Gasteiger partial charge on any atom is -0.478 e. The number of aromatic nitrogens is 4. The average Bonchev–Trinajstić information content (AvgIpc) is 3.30. The van der Waals surface area contributed by atoms with Gasteiger partial charge in [-0.15, -0.1) is 0 Å². The van der Waals surface area contributed by atoms with E-state index in [4.69, 9.17) is 9.72 Å². The van der Waals surface area contributed by atoms with Crippen molar-refractivity contribution in [3.8, 4) is 16.9 Å². The van der Waals surface area contributed by atoms with E-state index < -0.39 is 5.60 Å². The summed E-state index contributed by atoms with van der Waals surface area (Å²) in [6.45, 7) is 6.89. The Morgan fingerprint density at radius 1 is 1.12 bits per heavy atom. The summed E-state index contributed by atoms with van der Waals surface area (Å²) in [5.74, 6) is 1.38. The Hall–Kier alpha value is -3.55. The molecule has 1 atom stereocenters. The van der Waals surface area contributed by atoms with E-state index in [9.17, 15) is 4.79 Å².